The summed E-state index contributed by atoms with van der Waals surface area (Å²) in [6.45, 7) is 0. The Morgan fingerprint density at radius 2 is 1.25 bits per heavy atom. The predicted octanol–water partition coefficient (Wildman–Crippen LogP) is 1.78. The molecule has 0 aliphatic carbocycles. The van der Waals surface area contributed by atoms with Crippen LogP contribution in [0.1, 0.15) is 0 Å². The third-order valence-electron chi connectivity index (χ3n) is 3.43. The molecule has 0 saturated heterocycles. The Hall–Kier alpha value is -1.75. The summed E-state index contributed by atoms with van der Waals surface area (Å²) in [6.07, 6.45) is -7.16. The lowest BCUT2D eigenvalue weighted by atomic mass is 10.1. The number of benzene rings is 2. The van der Waals surface area contributed by atoms with Crippen LogP contribution in [-0.2, 0) is 10.1 Å². The Kier molecular flexibility index (Phi) is 8.86. The van der Waals surface area contributed by atoms with Crippen LogP contribution in [0, 0.1) is 7.14 Å². The van der Waals surface area contributed by atoms with Crippen molar-refractivity contribution in [1.29, 1.82) is 0 Å². The topological polar surface area (TPSA) is 66.4 Å². The van der Waals surface area contributed by atoms with E-state index in [9.17, 15) is 52.5 Å². The molecular weight excluding hydrogens is 598 g/mol. The first-order valence-corrected chi connectivity index (χ1v) is 11.4. The molecule has 0 aliphatic rings. The maximum Gasteiger partial charge on any atom is 0.460 e. The molecule has 32 heavy (non-hydrogen) atoms. The average molecular weight is 610 g/mol. The van der Waals surface area contributed by atoms with Gasteiger partial charge in [-0.3, -0.25) is 0 Å². The molecule has 0 aliphatic heterocycles. The molecule has 0 radical (unpaired) electrons. The van der Waals surface area contributed by atoms with Crippen molar-refractivity contribution in [3.05, 3.63) is 61.7 Å². The van der Waals surface area contributed by atoms with Gasteiger partial charge in [0.05, 0.1) is 7.11 Å². The van der Waals surface area contributed by atoms with Gasteiger partial charge in [0.2, 0.25) is 3.57 Å². The minimum absolute atomic E-state index is 0.124. The molecular formula is C17H12F9IO4S. The van der Waals surface area contributed by atoms with Crippen LogP contribution in [0.4, 0.5) is 39.5 Å². The molecule has 4 nitrogen and oxygen atoms in total. The van der Waals surface area contributed by atoms with E-state index in [1.54, 1.807) is 7.11 Å². The smallest absolute Gasteiger partial charge is 0.460 e. The van der Waals surface area contributed by atoms with E-state index in [4.69, 9.17) is 4.74 Å². The Balaban J connectivity index is 0.000000321. The van der Waals surface area contributed by atoms with Crippen LogP contribution in [0.25, 0.3) is 0 Å². The monoisotopic (exact) mass is 610 g/mol. The number of methoxy groups -OCH3 is 1. The van der Waals surface area contributed by atoms with Crippen LogP contribution in [0.2, 0.25) is 0 Å². The van der Waals surface area contributed by atoms with Gasteiger partial charge >= 0.3 is 44.5 Å². The lowest BCUT2D eigenvalue weighted by Gasteiger charge is -2.34. The SMILES string of the molecule is COc1ccccc1[I+]c1ccccc1.O=S(=O)([O-])C(F)(F)C(F)(F)C(F)(F)C(F)(F)F. The van der Waals surface area contributed by atoms with E-state index >= 15 is 0 Å². The maximum atomic E-state index is 12.2. The normalized spacial score (nSPS) is 13.2. The summed E-state index contributed by atoms with van der Waals surface area (Å²) in [5, 5.41) is -7.11. The highest BCUT2D eigenvalue weighted by molar-refractivity contribution is 7.86. The summed E-state index contributed by atoms with van der Waals surface area (Å²) >= 11 is -0.124. The van der Waals surface area contributed by atoms with E-state index in [2.05, 4.69) is 42.5 Å². The largest absolute Gasteiger partial charge is 0.743 e. The van der Waals surface area contributed by atoms with Crippen molar-refractivity contribution in [2.75, 3.05) is 7.11 Å². The fraction of sp³-hybridized carbons (Fsp3) is 0.294. The summed E-state index contributed by atoms with van der Waals surface area (Å²) in [7, 11) is -5.69. The third kappa shape index (κ3) is 5.98. The lowest BCUT2D eigenvalue weighted by molar-refractivity contribution is -0.598. The molecule has 0 spiro atoms. The summed E-state index contributed by atoms with van der Waals surface area (Å²) in [4.78, 5) is 0. The molecule has 0 heterocycles. The van der Waals surface area contributed by atoms with Crippen LogP contribution in [-0.4, -0.2) is 43.4 Å². The number of halogens is 10. The minimum Gasteiger partial charge on any atom is -0.743 e. The molecule has 0 amide bonds. The molecule has 15 heteroatoms. The van der Waals surface area contributed by atoms with Crippen molar-refractivity contribution >= 4 is 10.1 Å². The fourth-order valence-electron chi connectivity index (χ4n) is 1.80. The number of hydrogen-bond donors (Lipinski definition) is 0. The Morgan fingerprint density at radius 3 is 1.69 bits per heavy atom. The van der Waals surface area contributed by atoms with Crippen LogP contribution < -0.4 is 25.9 Å². The fourth-order valence-corrected chi connectivity index (χ4v) is 4.74. The van der Waals surface area contributed by atoms with Crippen LogP contribution >= 0.6 is 0 Å². The van der Waals surface area contributed by atoms with E-state index in [1.165, 1.54) is 7.14 Å². The molecule has 0 bridgehead atoms. The van der Waals surface area contributed by atoms with E-state index in [-0.39, 0.29) is 21.2 Å². The highest BCUT2D eigenvalue weighted by Gasteiger charge is 2.83. The van der Waals surface area contributed by atoms with Crippen molar-refractivity contribution in [2.24, 2.45) is 0 Å². The van der Waals surface area contributed by atoms with Gasteiger partial charge in [0.1, 0.15) is 0 Å². The minimum atomic E-state index is -7.43. The molecule has 0 atom stereocenters. The Bertz CT molecular complexity index is 997. The second-order valence-electron chi connectivity index (χ2n) is 5.64. The maximum absolute atomic E-state index is 12.2. The Morgan fingerprint density at radius 1 is 0.781 bits per heavy atom. The first-order valence-electron chi connectivity index (χ1n) is 7.88. The zero-order valence-corrected chi connectivity index (χ0v) is 18.5. The van der Waals surface area contributed by atoms with Crippen molar-refractivity contribution in [3.63, 3.8) is 0 Å². The van der Waals surface area contributed by atoms with E-state index < -0.39 is 33.4 Å². The van der Waals surface area contributed by atoms with Crippen molar-refractivity contribution in [2.45, 2.75) is 23.3 Å². The third-order valence-corrected chi connectivity index (χ3v) is 7.13. The zero-order chi connectivity index (χ0) is 25.0. The summed E-state index contributed by atoms with van der Waals surface area (Å²) < 4.78 is 144. The predicted molar refractivity (Wildman–Crippen MR) is 87.4 cm³/mol. The standard InChI is InChI=1S/C13H12IO.C4HF9O3S/c1-15-13-10-6-5-9-12(13)14-11-7-3-2-4-8-11;5-1(6,3(9,10)11)2(7,8)4(12,13)17(14,15)16/h2-10H,1H3;(H,14,15,16)/q+1;/p-1. The van der Waals surface area contributed by atoms with Crippen molar-refractivity contribution < 1.29 is 78.4 Å². The summed E-state index contributed by atoms with van der Waals surface area (Å²) in [6, 6.07) is 18.8. The molecule has 2 aromatic rings. The van der Waals surface area contributed by atoms with Crippen LogP contribution in [0.15, 0.2) is 54.6 Å². The molecule has 0 saturated carbocycles. The highest BCUT2D eigenvalue weighted by Crippen LogP contribution is 2.54. The van der Waals surface area contributed by atoms with Gasteiger partial charge in [0, 0.05) is 0 Å². The lowest BCUT2D eigenvalue weighted by Crippen LogP contribution is -3.61. The molecule has 0 fully saturated rings. The summed E-state index contributed by atoms with van der Waals surface area (Å²) in [5.74, 6) is -13.8. The number of rotatable bonds is 6. The van der Waals surface area contributed by atoms with Gasteiger partial charge in [-0.1, -0.05) is 30.3 Å². The molecule has 0 unspecified atom stereocenters. The van der Waals surface area contributed by atoms with Gasteiger partial charge in [0.15, 0.2) is 19.4 Å². The van der Waals surface area contributed by atoms with Gasteiger partial charge < -0.3 is 9.29 Å². The van der Waals surface area contributed by atoms with Crippen LogP contribution in [0.5, 0.6) is 5.75 Å². The molecule has 0 aromatic heterocycles. The first-order chi connectivity index (χ1) is 14.4. The van der Waals surface area contributed by atoms with Gasteiger partial charge in [-0.25, -0.2) is 8.42 Å². The number of hydrogen-bond acceptors (Lipinski definition) is 4. The molecule has 0 N–H and O–H groups in total. The highest BCUT2D eigenvalue weighted by atomic mass is 127. The van der Waals surface area contributed by atoms with Crippen molar-refractivity contribution in [1.82, 2.24) is 0 Å². The van der Waals surface area contributed by atoms with E-state index in [0.29, 0.717) is 0 Å². The quantitative estimate of drug-likeness (QED) is 0.285. The molecule has 2 rings (SSSR count). The zero-order valence-electron chi connectivity index (χ0n) is 15.5. The summed E-state index contributed by atoms with van der Waals surface area (Å²) in [5.41, 5.74) is 0. The second-order valence-corrected chi connectivity index (χ2v) is 10.0. The van der Waals surface area contributed by atoms with E-state index in [1.807, 2.05) is 12.1 Å². The van der Waals surface area contributed by atoms with Gasteiger partial charge in [0.25, 0.3) is 0 Å². The van der Waals surface area contributed by atoms with Gasteiger partial charge in [-0.2, -0.15) is 39.5 Å². The average Bonchev–Trinajstić information content (AvgIpc) is 2.67. The van der Waals surface area contributed by atoms with E-state index in [0.717, 1.165) is 5.75 Å². The Labute approximate surface area is 186 Å². The van der Waals surface area contributed by atoms with Crippen LogP contribution in [0.3, 0.4) is 0 Å². The molecule has 2 aromatic carbocycles. The number of ether oxygens (including phenoxy) is 1. The second kappa shape index (κ2) is 10.0. The van der Waals surface area contributed by atoms with Gasteiger partial charge in [-0.15, -0.1) is 0 Å². The number of alkyl halides is 9. The molecule has 180 valence electrons. The van der Waals surface area contributed by atoms with Gasteiger partial charge in [-0.05, 0) is 24.3 Å². The van der Waals surface area contributed by atoms with Crippen molar-refractivity contribution in [3.8, 4) is 5.75 Å². The number of para-hydroxylation sites is 1. The first kappa shape index (κ1) is 28.3.